The standard InChI is InChI=1S/C12H13NO3S/c1-7-5-8(2)10-9(6-7)17-4-3-13(10)11(14)12(15)16/h5-6H,3-4H2,1-2H3,(H,15,16). The van der Waals surface area contributed by atoms with Crippen molar-refractivity contribution in [1.29, 1.82) is 0 Å². The van der Waals surface area contributed by atoms with Crippen molar-refractivity contribution in [2.45, 2.75) is 18.7 Å². The number of carboxylic acids is 1. The van der Waals surface area contributed by atoms with Crippen LogP contribution in [0.5, 0.6) is 0 Å². The highest BCUT2D eigenvalue weighted by Gasteiger charge is 2.28. The van der Waals surface area contributed by atoms with Crippen molar-refractivity contribution < 1.29 is 14.7 Å². The minimum absolute atomic E-state index is 0.451. The first kappa shape index (κ1) is 12.0. The molecule has 1 aliphatic heterocycles. The van der Waals surface area contributed by atoms with Gasteiger partial charge in [-0.15, -0.1) is 11.8 Å². The van der Waals surface area contributed by atoms with E-state index in [4.69, 9.17) is 5.11 Å². The van der Waals surface area contributed by atoms with Crippen LogP contribution < -0.4 is 4.90 Å². The molecular weight excluding hydrogens is 238 g/mol. The van der Waals surface area contributed by atoms with Crippen molar-refractivity contribution in [1.82, 2.24) is 0 Å². The molecule has 0 aliphatic carbocycles. The lowest BCUT2D eigenvalue weighted by atomic mass is 10.1. The summed E-state index contributed by atoms with van der Waals surface area (Å²) in [5, 5.41) is 8.81. The number of hydrogen-bond donors (Lipinski definition) is 1. The van der Waals surface area contributed by atoms with Gasteiger partial charge in [0, 0.05) is 17.2 Å². The number of carbonyl (C=O) groups excluding carboxylic acids is 1. The largest absolute Gasteiger partial charge is 0.474 e. The Kier molecular flexibility index (Phi) is 3.11. The van der Waals surface area contributed by atoms with Crippen LogP contribution in [0.4, 0.5) is 5.69 Å². The van der Waals surface area contributed by atoms with Crippen LogP contribution in [0, 0.1) is 13.8 Å². The molecule has 1 aromatic carbocycles. The molecule has 90 valence electrons. The Hall–Kier alpha value is -1.49. The maximum atomic E-state index is 11.6. The summed E-state index contributed by atoms with van der Waals surface area (Å²) in [5.41, 5.74) is 2.82. The van der Waals surface area contributed by atoms with Crippen LogP contribution in [0.2, 0.25) is 0 Å². The fourth-order valence-electron chi connectivity index (χ4n) is 2.05. The van der Waals surface area contributed by atoms with Gasteiger partial charge in [-0.1, -0.05) is 6.07 Å². The minimum Gasteiger partial charge on any atom is -0.474 e. The smallest absolute Gasteiger partial charge is 0.394 e. The molecule has 0 saturated carbocycles. The number of benzene rings is 1. The fraction of sp³-hybridized carbons (Fsp3) is 0.333. The Morgan fingerprint density at radius 1 is 1.35 bits per heavy atom. The minimum atomic E-state index is -1.40. The molecule has 2 rings (SSSR count). The predicted molar refractivity (Wildman–Crippen MR) is 66.6 cm³/mol. The number of aliphatic carboxylic acids is 1. The molecule has 0 aromatic heterocycles. The van der Waals surface area contributed by atoms with Crippen LogP contribution in [-0.2, 0) is 9.59 Å². The maximum absolute atomic E-state index is 11.6. The van der Waals surface area contributed by atoms with E-state index >= 15 is 0 Å². The van der Waals surface area contributed by atoms with Crippen LogP contribution >= 0.6 is 11.8 Å². The lowest BCUT2D eigenvalue weighted by molar-refractivity contribution is -0.148. The second kappa shape index (κ2) is 4.41. The Labute approximate surface area is 104 Å². The first-order chi connectivity index (χ1) is 8.00. The summed E-state index contributed by atoms with van der Waals surface area (Å²) in [6.07, 6.45) is 0. The first-order valence-electron chi connectivity index (χ1n) is 5.29. The van der Waals surface area contributed by atoms with E-state index in [0.29, 0.717) is 6.54 Å². The number of thioether (sulfide) groups is 1. The van der Waals surface area contributed by atoms with Gasteiger partial charge in [0.15, 0.2) is 0 Å². The molecule has 0 atom stereocenters. The second-order valence-electron chi connectivity index (χ2n) is 4.04. The van der Waals surface area contributed by atoms with Crippen molar-refractivity contribution in [3.63, 3.8) is 0 Å². The van der Waals surface area contributed by atoms with Gasteiger partial charge in [0.05, 0.1) is 5.69 Å². The monoisotopic (exact) mass is 251 g/mol. The number of anilines is 1. The zero-order chi connectivity index (χ0) is 12.6. The van der Waals surface area contributed by atoms with Gasteiger partial charge in [-0.25, -0.2) is 4.79 Å². The summed E-state index contributed by atoms with van der Waals surface area (Å²) in [6.45, 7) is 4.35. The molecule has 0 bridgehead atoms. The van der Waals surface area contributed by atoms with E-state index in [1.807, 2.05) is 26.0 Å². The number of carboxylic acid groups (broad SMARTS) is 1. The Morgan fingerprint density at radius 2 is 2.06 bits per heavy atom. The summed E-state index contributed by atoms with van der Waals surface area (Å²) in [5.74, 6) is -1.52. The number of carbonyl (C=O) groups is 2. The van der Waals surface area contributed by atoms with Crippen molar-refractivity contribution in [2.75, 3.05) is 17.2 Å². The van der Waals surface area contributed by atoms with Crippen LogP contribution in [0.25, 0.3) is 0 Å². The van der Waals surface area contributed by atoms with Gasteiger partial charge < -0.3 is 10.0 Å². The highest BCUT2D eigenvalue weighted by molar-refractivity contribution is 7.99. The number of fused-ring (bicyclic) bond motifs is 1. The van der Waals surface area contributed by atoms with Gasteiger partial charge in [-0.3, -0.25) is 4.79 Å². The number of amides is 1. The van der Waals surface area contributed by atoms with Crippen molar-refractivity contribution in [2.24, 2.45) is 0 Å². The van der Waals surface area contributed by atoms with Gasteiger partial charge in [0.25, 0.3) is 0 Å². The third kappa shape index (κ3) is 2.15. The molecule has 17 heavy (non-hydrogen) atoms. The zero-order valence-corrected chi connectivity index (χ0v) is 10.5. The Balaban J connectivity index is 2.51. The number of rotatable bonds is 0. The van der Waals surface area contributed by atoms with Crippen molar-refractivity contribution in [3.8, 4) is 0 Å². The van der Waals surface area contributed by atoms with Gasteiger partial charge >= 0.3 is 11.9 Å². The molecule has 0 unspecified atom stereocenters. The molecule has 0 spiro atoms. The second-order valence-corrected chi connectivity index (χ2v) is 5.18. The topological polar surface area (TPSA) is 57.6 Å². The molecule has 0 radical (unpaired) electrons. The van der Waals surface area contributed by atoms with Crippen LogP contribution in [0.3, 0.4) is 0 Å². The maximum Gasteiger partial charge on any atom is 0.394 e. The average Bonchev–Trinajstić information content (AvgIpc) is 2.26. The van der Waals surface area contributed by atoms with E-state index in [-0.39, 0.29) is 0 Å². The summed E-state index contributed by atoms with van der Waals surface area (Å²) in [4.78, 5) is 24.8. The fourth-order valence-corrected chi connectivity index (χ4v) is 3.23. The van der Waals surface area contributed by atoms with Gasteiger partial charge in [0.2, 0.25) is 0 Å². The number of hydrogen-bond acceptors (Lipinski definition) is 3. The highest BCUT2D eigenvalue weighted by Crippen LogP contribution is 2.38. The Bertz CT molecular complexity index is 499. The molecule has 1 N–H and O–H groups in total. The number of nitrogens with zero attached hydrogens (tertiary/aromatic N) is 1. The summed E-state index contributed by atoms with van der Waals surface area (Å²) in [7, 11) is 0. The van der Waals surface area contributed by atoms with Crippen LogP contribution in [-0.4, -0.2) is 29.3 Å². The molecule has 0 fully saturated rings. The van der Waals surface area contributed by atoms with E-state index < -0.39 is 11.9 Å². The zero-order valence-electron chi connectivity index (χ0n) is 9.69. The molecule has 4 nitrogen and oxygen atoms in total. The van der Waals surface area contributed by atoms with E-state index in [9.17, 15) is 9.59 Å². The lowest BCUT2D eigenvalue weighted by Crippen LogP contribution is -2.40. The molecule has 1 heterocycles. The predicted octanol–water partition coefficient (Wildman–Crippen LogP) is 1.83. The van der Waals surface area contributed by atoms with Gasteiger partial charge in [-0.05, 0) is 31.0 Å². The van der Waals surface area contributed by atoms with Crippen molar-refractivity contribution in [3.05, 3.63) is 23.3 Å². The molecule has 0 saturated heterocycles. The summed E-state index contributed by atoms with van der Waals surface area (Å²) >= 11 is 1.66. The van der Waals surface area contributed by atoms with E-state index in [1.165, 1.54) is 4.90 Å². The van der Waals surface area contributed by atoms with E-state index in [2.05, 4.69) is 0 Å². The average molecular weight is 251 g/mol. The molecule has 1 aromatic rings. The van der Waals surface area contributed by atoms with Crippen LogP contribution in [0.1, 0.15) is 11.1 Å². The Morgan fingerprint density at radius 3 is 2.71 bits per heavy atom. The normalized spacial score (nSPS) is 14.4. The lowest BCUT2D eigenvalue weighted by Gasteiger charge is -2.29. The SMILES string of the molecule is Cc1cc(C)c2c(c1)SCCN2C(=O)C(=O)O. The highest BCUT2D eigenvalue weighted by atomic mass is 32.2. The molecular formula is C12H13NO3S. The molecule has 5 heteroatoms. The quantitative estimate of drug-likeness (QED) is 0.715. The first-order valence-corrected chi connectivity index (χ1v) is 6.28. The van der Waals surface area contributed by atoms with Gasteiger partial charge in [-0.2, -0.15) is 0 Å². The van der Waals surface area contributed by atoms with Crippen molar-refractivity contribution >= 4 is 29.3 Å². The number of aryl methyl sites for hydroxylation is 2. The van der Waals surface area contributed by atoms with E-state index in [1.54, 1.807) is 11.8 Å². The van der Waals surface area contributed by atoms with Crippen LogP contribution in [0.15, 0.2) is 17.0 Å². The summed E-state index contributed by atoms with van der Waals surface area (Å²) in [6, 6.07) is 3.96. The van der Waals surface area contributed by atoms with E-state index in [0.717, 1.165) is 27.5 Å². The van der Waals surface area contributed by atoms with Gasteiger partial charge in [0.1, 0.15) is 0 Å². The summed E-state index contributed by atoms with van der Waals surface area (Å²) < 4.78 is 0. The molecule has 1 amide bonds. The third-order valence-electron chi connectivity index (χ3n) is 2.68. The molecule has 1 aliphatic rings. The third-order valence-corrected chi connectivity index (χ3v) is 3.69.